The van der Waals surface area contributed by atoms with Crippen LogP contribution < -0.4 is 0 Å². The van der Waals surface area contributed by atoms with E-state index in [4.69, 9.17) is 23.2 Å². The number of nitrogens with zero attached hydrogens (tertiary/aromatic N) is 2. The number of fused-ring (bicyclic) bond motifs is 1. The molecule has 0 radical (unpaired) electrons. The number of aromatic nitrogens is 1. The van der Waals surface area contributed by atoms with E-state index in [-0.39, 0.29) is 0 Å². The molecule has 0 aliphatic rings. The van der Waals surface area contributed by atoms with E-state index in [0.29, 0.717) is 21.2 Å². The Kier molecular flexibility index (Phi) is 5.45. The second-order valence-electron chi connectivity index (χ2n) is 7.01. The van der Waals surface area contributed by atoms with Gasteiger partial charge in [0, 0.05) is 39.8 Å². The van der Waals surface area contributed by atoms with Crippen molar-refractivity contribution in [1.29, 1.82) is 5.26 Å². The highest BCUT2D eigenvalue weighted by atomic mass is 35.5. The topological polar surface area (TPSA) is 28.7 Å². The molecule has 0 aliphatic carbocycles. The Balaban J connectivity index is 1.81. The number of nitriles is 1. The van der Waals surface area contributed by atoms with Crippen LogP contribution in [0.1, 0.15) is 22.3 Å². The third kappa shape index (κ3) is 4.07. The third-order valence-electron chi connectivity index (χ3n) is 4.90. The predicted octanol–water partition coefficient (Wildman–Crippen LogP) is 7.37. The third-order valence-corrected chi connectivity index (χ3v) is 5.44. The molecular weight excluding hydrogens is 399 g/mol. The van der Waals surface area contributed by atoms with Gasteiger partial charge in [-0.05, 0) is 36.8 Å². The van der Waals surface area contributed by atoms with E-state index in [1.54, 1.807) is 18.2 Å². The molecule has 0 N–H and O–H groups in total. The summed E-state index contributed by atoms with van der Waals surface area (Å²) in [6.45, 7) is 2.86. The summed E-state index contributed by atoms with van der Waals surface area (Å²) < 4.78 is 2.22. The van der Waals surface area contributed by atoms with E-state index < -0.39 is 0 Å². The number of aryl methyl sites for hydroxylation is 1. The van der Waals surface area contributed by atoms with E-state index in [1.807, 2.05) is 18.2 Å². The first-order valence-electron chi connectivity index (χ1n) is 9.26. The molecule has 0 aliphatic heterocycles. The standard InChI is InChI=1S/C25H18Cl2N2/c1-17-5-4-6-18(11-17)15-29-16-20(23-7-2-3-8-25(23)29)12-19(14-28)22-10-9-21(26)13-24(22)27/h2-13,16H,15H2,1H3/b19-12-. The first kappa shape index (κ1) is 19.3. The fourth-order valence-electron chi connectivity index (χ4n) is 3.56. The maximum atomic E-state index is 9.76. The van der Waals surface area contributed by atoms with Crippen LogP contribution in [-0.4, -0.2) is 4.57 Å². The van der Waals surface area contributed by atoms with Crippen molar-refractivity contribution in [3.05, 3.63) is 105 Å². The van der Waals surface area contributed by atoms with Crippen LogP contribution in [0.4, 0.5) is 0 Å². The molecule has 0 amide bonds. The van der Waals surface area contributed by atoms with Crippen LogP contribution >= 0.6 is 23.2 Å². The van der Waals surface area contributed by atoms with Gasteiger partial charge in [0.05, 0.1) is 16.7 Å². The lowest BCUT2D eigenvalue weighted by atomic mass is 10.0. The van der Waals surface area contributed by atoms with Crippen LogP contribution in [0.5, 0.6) is 0 Å². The molecule has 0 atom stereocenters. The molecule has 4 heteroatoms. The van der Waals surface area contributed by atoms with Gasteiger partial charge in [0.2, 0.25) is 0 Å². The minimum absolute atomic E-state index is 0.466. The molecule has 0 bridgehead atoms. The van der Waals surface area contributed by atoms with Crippen molar-refractivity contribution in [3.63, 3.8) is 0 Å². The normalized spacial score (nSPS) is 11.6. The summed E-state index contributed by atoms with van der Waals surface area (Å²) >= 11 is 12.3. The minimum Gasteiger partial charge on any atom is -0.342 e. The smallest absolute Gasteiger partial charge is 0.0998 e. The van der Waals surface area contributed by atoms with Crippen LogP contribution in [0.15, 0.2) is 72.9 Å². The van der Waals surface area contributed by atoms with Crippen molar-refractivity contribution in [2.24, 2.45) is 0 Å². The molecule has 4 rings (SSSR count). The summed E-state index contributed by atoms with van der Waals surface area (Å²) in [4.78, 5) is 0. The van der Waals surface area contributed by atoms with Crippen LogP contribution in [0.3, 0.4) is 0 Å². The molecule has 0 unspecified atom stereocenters. The van der Waals surface area contributed by atoms with Gasteiger partial charge in [-0.15, -0.1) is 0 Å². The first-order chi connectivity index (χ1) is 14.0. The Hall–Kier alpha value is -2.99. The summed E-state index contributed by atoms with van der Waals surface area (Å²) in [6.07, 6.45) is 3.98. The van der Waals surface area contributed by atoms with Crippen molar-refractivity contribution < 1.29 is 0 Å². The van der Waals surface area contributed by atoms with Crippen molar-refractivity contribution in [3.8, 4) is 6.07 Å². The summed E-state index contributed by atoms with van der Waals surface area (Å²) in [5.74, 6) is 0. The maximum absolute atomic E-state index is 9.76. The number of hydrogen-bond donors (Lipinski definition) is 0. The Labute approximate surface area is 180 Å². The van der Waals surface area contributed by atoms with Crippen LogP contribution in [0, 0.1) is 18.3 Å². The van der Waals surface area contributed by atoms with Gasteiger partial charge < -0.3 is 4.57 Å². The van der Waals surface area contributed by atoms with Gasteiger partial charge in [-0.1, -0.05) is 77.3 Å². The Bertz CT molecular complexity index is 1280. The minimum atomic E-state index is 0.466. The van der Waals surface area contributed by atoms with Crippen molar-refractivity contribution in [2.45, 2.75) is 13.5 Å². The average Bonchev–Trinajstić information content (AvgIpc) is 3.04. The van der Waals surface area contributed by atoms with E-state index >= 15 is 0 Å². The van der Waals surface area contributed by atoms with E-state index in [2.05, 4.69) is 60.2 Å². The van der Waals surface area contributed by atoms with Gasteiger partial charge in [0.1, 0.15) is 0 Å². The highest BCUT2D eigenvalue weighted by molar-refractivity contribution is 6.36. The SMILES string of the molecule is Cc1cccc(Cn2cc(/C=C(/C#N)c3ccc(Cl)cc3Cl)c3ccccc32)c1. The van der Waals surface area contributed by atoms with Crippen molar-refractivity contribution in [2.75, 3.05) is 0 Å². The molecule has 1 heterocycles. The molecule has 29 heavy (non-hydrogen) atoms. The Morgan fingerprint density at radius 1 is 1.03 bits per heavy atom. The number of allylic oxidation sites excluding steroid dienone is 1. The molecule has 4 aromatic rings. The van der Waals surface area contributed by atoms with E-state index in [0.717, 1.165) is 23.0 Å². The summed E-state index contributed by atoms with van der Waals surface area (Å²) in [6, 6.07) is 24.2. The second kappa shape index (κ2) is 8.17. The van der Waals surface area contributed by atoms with Crippen molar-refractivity contribution in [1.82, 2.24) is 4.57 Å². The molecule has 0 spiro atoms. The molecular formula is C25H18Cl2N2. The first-order valence-corrected chi connectivity index (χ1v) is 10.0. The summed E-state index contributed by atoms with van der Waals surface area (Å²) in [5.41, 5.74) is 5.76. The molecule has 0 saturated carbocycles. The molecule has 0 fully saturated rings. The zero-order chi connectivity index (χ0) is 20.4. The van der Waals surface area contributed by atoms with Gasteiger partial charge in [0.15, 0.2) is 0 Å². The van der Waals surface area contributed by atoms with Crippen LogP contribution in [-0.2, 0) is 6.54 Å². The van der Waals surface area contributed by atoms with Crippen molar-refractivity contribution >= 4 is 45.8 Å². The van der Waals surface area contributed by atoms with E-state index in [9.17, 15) is 5.26 Å². The molecule has 2 nitrogen and oxygen atoms in total. The fourth-order valence-corrected chi connectivity index (χ4v) is 4.07. The number of rotatable bonds is 4. The van der Waals surface area contributed by atoms with Crippen LogP contribution in [0.2, 0.25) is 10.0 Å². The number of benzene rings is 3. The fraction of sp³-hybridized carbons (Fsp3) is 0.0800. The Morgan fingerprint density at radius 3 is 2.62 bits per heavy atom. The lowest BCUT2D eigenvalue weighted by molar-refractivity contribution is 0.835. The second-order valence-corrected chi connectivity index (χ2v) is 7.86. The number of halogens is 2. The number of hydrogen-bond acceptors (Lipinski definition) is 1. The van der Waals surface area contributed by atoms with Gasteiger partial charge in [-0.25, -0.2) is 0 Å². The maximum Gasteiger partial charge on any atom is 0.0998 e. The molecule has 0 saturated heterocycles. The predicted molar refractivity (Wildman–Crippen MR) is 122 cm³/mol. The average molecular weight is 417 g/mol. The van der Waals surface area contributed by atoms with Gasteiger partial charge in [-0.3, -0.25) is 0 Å². The highest BCUT2D eigenvalue weighted by Crippen LogP contribution is 2.31. The van der Waals surface area contributed by atoms with Gasteiger partial charge in [0.25, 0.3) is 0 Å². The van der Waals surface area contributed by atoms with Crippen LogP contribution in [0.25, 0.3) is 22.6 Å². The van der Waals surface area contributed by atoms with Gasteiger partial charge >= 0.3 is 0 Å². The number of para-hydroxylation sites is 1. The largest absolute Gasteiger partial charge is 0.342 e. The zero-order valence-electron chi connectivity index (χ0n) is 15.9. The monoisotopic (exact) mass is 416 g/mol. The Morgan fingerprint density at radius 2 is 1.86 bits per heavy atom. The van der Waals surface area contributed by atoms with Gasteiger partial charge in [-0.2, -0.15) is 5.26 Å². The summed E-state index contributed by atoms with van der Waals surface area (Å²) in [5, 5.41) is 11.9. The van der Waals surface area contributed by atoms with E-state index in [1.165, 1.54) is 11.1 Å². The quantitative estimate of drug-likeness (QED) is 0.319. The molecule has 3 aromatic carbocycles. The lowest BCUT2D eigenvalue weighted by Crippen LogP contribution is -1.97. The highest BCUT2D eigenvalue weighted by Gasteiger charge is 2.11. The zero-order valence-corrected chi connectivity index (χ0v) is 17.4. The molecule has 1 aromatic heterocycles. The molecule has 142 valence electrons. The lowest BCUT2D eigenvalue weighted by Gasteiger charge is -2.06. The summed E-state index contributed by atoms with van der Waals surface area (Å²) in [7, 11) is 0.